The lowest BCUT2D eigenvalue weighted by Gasteiger charge is -2.33. The zero-order valence-corrected chi connectivity index (χ0v) is 21.8. The van der Waals surface area contributed by atoms with E-state index in [-0.39, 0.29) is 18.0 Å². The number of rotatable bonds is 11. The molecule has 7 nitrogen and oxygen atoms in total. The SMILES string of the molecule is CCNC(=O)C(CC)N(CCc1ccccc1)C(=O)CN(c1cc(C(F)(F)F)ccc1Cl)S(C)(=O)=O. The molecular formula is C24H29ClF3N3O4S. The van der Waals surface area contributed by atoms with Crippen molar-refractivity contribution in [2.75, 3.05) is 30.2 Å². The number of sulfonamides is 1. The van der Waals surface area contributed by atoms with Crippen LogP contribution in [0.5, 0.6) is 0 Å². The molecule has 12 heteroatoms. The first-order valence-electron chi connectivity index (χ1n) is 11.2. The van der Waals surface area contributed by atoms with Gasteiger partial charge in [-0.25, -0.2) is 8.42 Å². The molecule has 0 radical (unpaired) electrons. The number of hydrogen-bond acceptors (Lipinski definition) is 4. The maximum Gasteiger partial charge on any atom is 0.416 e. The zero-order valence-electron chi connectivity index (χ0n) is 20.2. The van der Waals surface area contributed by atoms with Crippen molar-refractivity contribution in [2.45, 2.75) is 38.9 Å². The molecule has 0 aliphatic carbocycles. The van der Waals surface area contributed by atoms with Crippen LogP contribution >= 0.6 is 11.6 Å². The van der Waals surface area contributed by atoms with E-state index in [0.29, 0.717) is 23.3 Å². The first-order valence-corrected chi connectivity index (χ1v) is 13.5. The summed E-state index contributed by atoms with van der Waals surface area (Å²) >= 11 is 6.07. The van der Waals surface area contributed by atoms with Crippen molar-refractivity contribution in [3.05, 3.63) is 64.7 Å². The van der Waals surface area contributed by atoms with E-state index in [2.05, 4.69) is 5.32 Å². The maximum absolute atomic E-state index is 13.5. The molecule has 36 heavy (non-hydrogen) atoms. The average molecular weight is 548 g/mol. The van der Waals surface area contributed by atoms with Crippen molar-refractivity contribution in [2.24, 2.45) is 0 Å². The van der Waals surface area contributed by atoms with Crippen molar-refractivity contribution in [3.63, 3.8) is 0 Å². The van der Waals surface area contributed by atoms with E-state index in [4.69, 9.17) is 11.6 Å². The van der Waals surface area contributed by atoms with Crippen LogP contribution in [0.2, 0.25) is 5.02 Å². The average Bonchev–Trinajstić information content (AvgIpc) is 2.80. The normalized spacial score (nSPS) is 12.6. The van der Waals surface area contributed by atoms with Gasteiger partial charge in [0.25, 0.3) is 0 Å². The number of benzene rings is 2. The van der Waals surface area contributed by atoms with Gasteiger partial charge in [-0.15, -0.1) is 0 Å². The van der Waals surface area contributed by atoms with Gasteiger partial charge in [0.2, 0.25) is 21.8 Å². The summed E-state index contributed by atoms with van der Waals surface area (Å²) in [4.78, 5) is 27.4. The first-order chi connectivity index (χ1) is 16.8. The second-order valence-electron chi connectivity index (χ2n) is 8.07. The van der Waals surface area contributed by atoms with Crippen molar-refractivity contribution < 1.29 is 31.2 Å². The standard InChI is InChI=1S/C24H29ClF3N3O4S/c1-4-20(23(33)29-5-2)30(14-13-17-9-7-6-8-10-17)22(32)16-31(36(3,34)35)21-15-18(24(26,27)28)11-12-19(21)25/h6-12,15,20H,4-5,13-14,16H2,1-3H3,(H,29,33). The highest BCUT2D eigenvalue weighted by Crippen LogP contribution is 2.36. The van der Waals surface area contributed by atoms with E-state index in [9.17, 15) is 31.2 Å². The molecule has 1 atom stereocenters. The Morgan fingerprint density at radius 1 is 1.08 bits per heavy atom. The third-order valence-electron chi connectivity index (χ3n) is 5.44. The van der Waals surface area contributed by atoms with Crippen LogP contribution in [0.3, 0.4) is 0 Å². The molecule has 0 saturated heterocycles. The molecule has 0 fully saturated rings. The number of anilines is 1. The Bertz CT molecular complexity index is 1160. The van der Waals surface area contributed by atoms with Crippen LogP contribution in [0.15, 0.2) is 48.5 Å². The van der Waals surface area contributed by atoms with Gasteiger partial charge in [-0.3, -0.25) is 13.9 Å². The molecule has 198 valence electrons. The van der Waals surface area contributed by atoms with Gasteiger partial charge in [0.15, 0.2) is 0 Å². The van der Waals surface area contributed by atoms with Gasteiger partial charge < -0.3 is 10.2 Å². The third-order valence-corrected chi connectivity index (χ3v) is 6.89. The van der Waals surface area contributed by atoms with Gasteiger partial charge in [0.1, 0.15) is 12.6 Å². The highest BCUT2D eigenvalue weighted by Gasteiger charge is 2.35. The molecule has 2 rings (SSSR count). The van der Waals surface area contributed by atoms with Crippen LogP contribution in [-0.4, -0.2) is 57.1 Å². The molecule has 2 aromatic carbocycles. The van der Waals surface area contributed by atoms with Crippen molar-refractivity contribution in [1.82, 2.24) is 10.2 Å². The zero-order chi connectivity index (χ0) is 27.1. The van der Waals surface area contributed by atoms with E-state index in [0.717, 1.165) is 24.0 Å². The van der Waals surface area contributed by atoms with Gasteiger partial charge >= 0.3 is 6.18 Å². The molecule has 0 aliphatic rings. The topological polar surface area (TPSA) is 86.8 Å². The Balaban J connectivity index is 2.46. The largest absolute Gasteiger partial charge is 0.416 e. The van der Waals surface area contributed by atoms with Crippen molar-refractivity contribution >= 4 is 39.1 Å². The van der Waals surface area contributed by atoms with Crippen LogP contribution in [-0.2, 0) is 32.2 Å². The van der Waals surface area contributed by atoms with E-state index in [1.807, 2.05) is 30.3 Å². The van der Waals surface area contributed by atoms with Crippen LogP contribution in [0.4, 0.5) is 18.9 Å². The minimum Gasteiger partial charge on any atom is -0.355 e. The molecule has 1 N–H and O–H groups in total. The third kappa shape index (κ3) is 7.86. The minimum absolute atomic E-state index is 0.0897. The summed E-state index contributed by atoms with van der Waals surface area (Å²) in [5.41, 5.74) is -0.698. The number of carbonyl (C=O) groups is 2. The Hall–Kier alpha value is -2.79. The molecule has 2 amide bonds. The summed E-state index contributed by atoms with van der Waals surface area (Å²) in [6.07, 6.45) is -3.35. The lowest BCUT2D eigenvalue weighted by Crippen LogP contribution is -2.53. The predicted molar refractivity (Wildman–Crippen MR) is 133 cm³/mol. The monoisotopic (exact) mass is 547 g/mol. The molecule has 0 saturated carbocycles. The number of alkyl halides is 3. The summed E-state index contributed by atoms with van der Waals surface area (Å²) in [6.45, 7) is 3.02. The first kappa shape index (κ1) is 29.4. The van der Waals surface area contributed by atoms with E-state index < -0.39 is 51.9 Å². The summed E-state index contributed by atoms with van der Waals surface area (Å²) in [5.74, 6) is -1.16. The van der Waals surface area contributed by atoms with Crippen LogP contribution < -0.4 is 9.62 Å². The fraction of sp³-hybridized carbons (Fsp3) is 0.417. The number of likely N-dealkylation sites (N-methyl/N-ethyl adjacent to an activating group) is 1. The molecule has 0 bridgehead atoms. The van der Waals surface area contributed by atoms with E-state index in [1.165, 1.54) is 4.90 Å². The summed E-state index contributed by atoms with van der Waals surface area (Å²) in [6, 6.07) is 10.5. The summed E-state index contributed by atoms with van der Waals surface area (Å²) in [7, 11) is -4.23. The van der Waals surface area contributed by atoms with Gasteiger partial charge in [-0.1, -0.05) is 48.9 Å². The fourth-order valence-electron chi connectivity index (χ4n) is 3.66. The smallest absolute Gasteiger partial charge is 0.355 e. The van der Waals surface area contributed by atoms with Gasteiger partial charge in [0, 0.05) is 13.1 Å². The van der Waals surface area contributed by atoms with Gasteiger partial charge in [-0.2, -0.15) is 13.2 Å². The predicted octanol–water partition coefficient (Wildman–Crippen LogP) is 4.11. The molecule has 0 aromatic heterocycles. The maximum atomic E-state index is 13.5. The highest BCUT2D eigenvalue weighted by atomic mass is 35.5. The minimum atomic E-state index is -4.75. The lowest BCUT2D eigenvalue weighted by atomic mass is 10.1. The van der Waals surface area contributed by atoms with Crippen LogP contribution in [0, 0.1) is 0 Å². The summed E-state index contributed by atoms with van der Waals surface area (Å²) < 4.78 is 65.6. The Morgan fingerprint density at radius 3 is 2.25 bits per heavy atom. The number of amides is 2. The number of halogens is 4. The Labute approximate surface area is 214 Å². The quantitative estimate of drug-likeness (QED) is 0.459. The molecule has 1 unspecified atom stereocenters. The Morgan fingerprint density at radius 2 is 1.72 bits per heavy atom. The number of carbonyl (C=O) groups excluding carboxylic acids is 2. The van der Waals surface area contributed by atoms with Gasteiger partial charge in [0.05, 0.1) is 22.5 Å². The fourth-order valence-corrected chi connectivity index (χ4v) is 4.79. The van der Waals surface area contributed by atoms with E-state index >= 15 is 0 Å². The summed E-state index contributed by atoms with van der Waals surface area (Å²) in [5, 5.41) is 2.40. The second kappa shape index (κ2) is 12.4. The number of nitrogens with zero attached hydrogens (tertiary/aromatic N) is 2. The van der Waals surface area contributed by atoms with Crippen LogP contribution in [0.1, 0.15) is 31.4 Å². The van der Waals surface area contributed by atoms with Crippen molar-refractivity contribution in [3.8, 4) is 0 Å². The van der Waals surface area contributed by atoms with E-state index in [1.54, 1.807) is 13.8 Å². The number of hydrogen-bond donors (Lipinski definition) is 1. The van der Waals surface area contributed by atoms with Crippen molar-refractivity contribution in [1.29, 1.82) is 0 Å². The molecule has 2 aromatic rings. The Kier molecular flexibility index (Phi) is 10.2. The van der Waals surface area contributed by atoms with Gasteiger partial charge in [-0.05, 0) is 43.5 Å². The molecule has 0 aliphatic heterocycles. The second-order valence-corrected chi connectivity index (χ2v) is 10.4. The number of nitrogens with one attached hydrogen (secondary N) is 1. The lowest BCUT2D eigenvalue weighted by molar-refractivity contribution is -0.139. The molecule has 0 heterocycles. The molecular weight excluding hydrogens is 519 g/mol. The molecule has 0 spiro atoms. The highest BCUT2D eigenvalue weighted by molar-refractivity contribution is 7.92. The van der Waals surface area contributed by atoms with Crippen LogP contribution in [0.25, 0.3) is 0 Å².